The molecule has 0 spiro atoms. The average molecular weight is 830 g/mol. The van der Waals surface area contributed by atoms with Crippen LogP contribution in [-0.2, 0) is 0 Å². The van der Waals surface area contributed by atoms with Crippen molar-refractivity contribution in [1.82, 2.24) is 34.5 Å². The highest BCUT2D eigenvalue weighted by Crippen LogP contribution is 2.47. The lowest BCUT2D eigenvalue weighted by atomic mass is 9.68. The van der Waals surface area contributed by atoms with Gasteiger partial charge in [0.25, 0.3) is 0 Å². The molecule has 1 saturated carbocycles. The molecule has 3 aliphatic heterocycles. The zero-order valence-corrected chi connectivity index (χ0v) is 32.2. The molecule has 19 heteroatoms. The number of ether oxygens (including phenoxy) is 1. The number of nitrogens with two attached hydrogens (primary N) is 1. The summed E-state index contributed by atoms with van der Waals surface area (Å²) < 4.78 is 69.2. The van der Waals surface area contributed by atoms with E-state index in [-0.39, 0.29) is 90.4 Å². The monoisotopic (exact) mass is 828 g/mol. The van der Waals surface area contributed by atoms with Gasteiger partial charge in [-0.05, 0) is 61.5 Å². The van der Waals surface area contributed by atoms with Gasteiger partial charge in [0, 0.05) is 67.3 Å². The molecule has 0 radical (unpaired) electrons. The molecule has 3 saturated heterocycles. The summed E-state index contributed by atoms with van der Waals surface area (Å²) in [6.45, 7) is 1.68. The summed E-state index contributed by atoms with van der Waals surface area (Å²) >= 11 is 13.6. The lowest BCUT2D eigenvalue weighted by Gasteiger charge is -2.55. The molecule has 2 N–H and O–H groups in total. The number of amides is 1. The van der Waals surface area contributed by atoms with Crippen molar-refractivity contribution in [1.29, 1.82) is 5.26 Å². The minimum absolute atomic E-state index is 0.00165. The molecular formula is C37H34Cl2F4N10O2S. The van der Waals surface area contributed by atoms with Crippen LogP contribution in [0.1, 0.15) is 37.7 Å². The Morgan fingerprint density at radius 1 is 1.21 bits per heavy atom. The molecule has 12 nitrogen and oxygen atoms in total. The number of carbonyl (C=O) groups excluding carboxylic acids is 1. The first-order valence-electron chi connectivity index (χ1n) is 18.2. The number of hydrogen-bond acceptors (Lipinski definition) is 11. The van der Waals surface area contributed by atoms with Crippen molar-refractivity contribution in [3.05, 3.63) is 52.0 Å². The Kier molecular flexibility index (Phi) is 9.18. The maximum absolute atomic E-state index is 17.2. The SMILES string of the molecule is CN(C[C@@H]1CN(C(=O)n2cnc(Cl)n2)C1C1CCC1F)c1nc(OC[C@@]23CCCN2C[C@H](F)C3)nc2c(F)c(-c3ccc(F)c4sc(N)c(C#N)c34)c(Cl)cc12. The normalized spacial score (nSPS) is 26.0. The van der Waals surface area contributed by atoms with Gasteiger partial charge in [0.15, 0.2) is 5.82 Å². The van der Waals surface area contributed by atoms with Gasteiger partial charge in [0.2, 0.25) is 5.28 Å². The summed E-state index contributed by atoms with van der Waals surface area (Å²) in [5.41, 5.74) is 5.43. The molecule has 292 valence electrons. The lowest BCUT2D eigenvalue weighted by Crippen LogP contribution is -2.67. The third-order valence-corrected chi connectivity index (χ3v) is 13.5. The predicted octanol–water partition coefficient (Wildman–Crippen LogP) is 7.25. The van der Waals surface area contributed by atoms with Crippen LogP contribution >= 0.6 is 34.5 Å². The molecule has 4 aliphatic rings. The molecule has 3 aromatic heterocycles. The molecule has 6 heterocycles. The number of rotatable bonds is 8. The summed E-state index contributed by atoms with van der Waals surface area (Å²) in [6.07, 6.45) is 2.03. The number of aromatic nitrogens is 5. The van der Waals surface area contributed by atoms with Gasteiger partial charge >= 0.3 is 12.0 Å². The number of fused-ring (bicyclic) bond motifs is 3. The number of nitriles is 1. The van der Waals surface area contributed by atoms with Crippen LogP contribution in [0.25, 0.3) is 32.1 Å². The Balaban J connectivity index is 1.12. The zero-order chi connectivity index (χ0) is 39.2. The van der Waals surface area contributed by atoms with Crippen molar-refractivity contribution in [2.45, 2.75) is 56.0 Å². The number of carbonyl (C=O) groups is 1. The van der Waals surface area contributed by atoms with Crippen LogP contribution in [0.15, 0.2) is 24.5 Å². The van der Waals surface area contributed by atoms with Gasteiger partial charge in [-0.3, -0.25) is 4.90 Å². The van der Waals surface area contributed by atoms with Gasteiger partial charge in [-0.15, -0.1) is 16.4 Å². The molecular weight excluding hydrogens is 795 g/mol. The van der Waals surface area contributed by atoms with Crippen LogP contribution in [0.4, 0.5) is 33.2 Å². The van der Waals surface area contributed by atoms with Crippen molar-refractivity contribution < 1.29 is 27.1 Å². The fourth-order valence-electron chi connectivity index (χ4n) is 9.24. The van der Waals surface area contributed by atoms with E-state index < -0.39 is 47.5 Å². The fraction of sp³-hybridized carbons (Fsp3) is 0.459. The number of nitrogens with zero attached hydrogens (tertiary/aromatic N) is 9. The predicted molar refractivity (Wildman–Crippen MR) is 204 cm³/mol. The summed E-state index contributed by atoms with van der Waals surface area (Å²) in [5.74, 6) is -1.83. The number of halogens is 6. The largest absolute Gasteiger partial charge is 0.461 e. The quantitative estimate of drug-likeness (QED) is 0.159. The molecule has 1 amide bonds. The van der Waals surface area contributed by atoms with Crippen LogP contribution in [-0.4, -0.2) is 104 Å². The number of benzene rings is 2. The molecule has 56 heavy (non-hydrogen) atoms. The molecule has 1 aliphatic carbocycles. The van der Waals surface area contributed by atoms with E-state index >= 15 is 8.78 Å². The van der Waals surface area contributed by atoms with Gasteiger partial charge in [0.1, 0.15) is 53.5 Å². The Hall–Kier alpha value is -4.50. The van der Waals surface area contributed by atoms with E-state index in [1.165, 1.54) is 24.5 Å². The highest BCUT2D eigenvalue weighted by Gasteiger charge is 2.53. The second kappa shape index (κ2) is 13.9. The molecule has 0 bridgehead atoms. The molecule has 9 rings (SSSR count). The van der Waals surface area contributed by atoms with E-state index in [0.717, 1.165) is 35.4 Å². The maximum atomic E-state index is 17.2. The fourth-order valence-corrected chi connectivity index (χ4v) is 10.6. The minimum atomic E-state index is -1.08. The number of anilines is 2. The molecule has 2 aromatic carbocycles. The Morgan fingerprint density at radius 2 is 2.04 bits per heavy atom. The third kappa shape index (κ3) is 5.90. The number of alkyl halides is 2. The summed E-state index contributed by atoms with van der Waals surface area (Å²) in [4.78, 5) is 32.0. The summed E-state index contributed by atoms with van der Waals surface area (Å²) in [5, 5.41) is 14.2. The number of nitrogen functional groups attached to an aromatic ring is 1. The second-order valence-electron chi connectivity index (χ2n) is 15.2. The average Bonchev–Trinajstić information content (AvgIpc) is 3.93. The van der Waals surface area contributed by atoms with E-state index in [9.17, 15) is 18.8 Å². The summed E-state index contributed by atoms with van der Waals surface area (Å²) in [7, 11) is 1.75. The minimum Gasteiger partial charge on any atom is -0.461 e. The van der Waals surface area contributed by atoms with Gasteiger partial charge < -0.3 is 20.3 Å². The van der Waals surface area contributed by atoms with E-state index in [1.807, 2.05) is 6.07 Å². The van der Waals surface area contributed by atoms with Crippen LogP contribution in [0.3, 0.4) is 0 Å². The van der Waals surface area contributed by atoms with Gasteiger partial charge in [-0.25, -0.2) is 27.3 Å². The topological polar surface area (TPSA) is 142 Å². The number of hydrogen-bond donors (Lipinski definition) is 1. The first kappa shape index (κ1) is 37.1. The molecule has 6 atom stereocenters. The van der Waals surface area contributed by atoms with Crippen LogP contribution < -0.4 is 15.4 Å². The van der Waals surface area contributed by atoms with Crippen LogP contribution in [0, 0.1) is 34.8 Å². The highest BCUT2D eigenvalue weighted by atomic mass is 35.5. The third-order valence-electron chi connectivity index (χ3n) is 12.0. The molecule has 4 fully saturated rings. The van der Waals surface area contributed by atoms with Crippen molar-refractivity contribution in [2.75, 3.05) is 50.5 Å². The molecule has 3 unspecified atom stereocenters. The Bertz CT molecular complexity index is 2460. The lowest BCUT2D eigenvalue weighted by molar-refractivity contribution is -0.0505. The smallest absolute Gasteiger partial charge is 0.346 e. The second-order valence-corrected chi connectivity index (χ2v) is 17.0. The van der Waals surface area contributed by atoms with Crippen molar-refractivity contribution in [2.24, 2.45) is 11.8 Å². The van der Waals surface area contributed by atoms with Crippen LogP contribution in [0.5, 0.6) is 6.01 Å². The standard InChI is InChI=1S/C37H34Cl2F4N10O2S/c1-50(12-17-13-52(30(17)19-3-5-24(19)41)36(54)53-16-46-34(39)49-53)33-21-9-23(38)27(20-4-6-25(42)31-26(20)22(11-44)32(45)56-31)28(43)29(21)47-35(48-33)55-15-37-7-2-8-51(37)14-18(40)10-37/h4,6,9,16-19,24,30H,2-3,5,7-8,10,12-15,45H2,1H3/t17-,18-,19?,24?,30?,37+/m1/s1. The van der Waals surface area contributed by atoms with E-state index in [4.69, 9.17) is 38.7 Å². The first-order chi connectivity index (χ1) is 26.9. The zero-order valence-electron chi connectivity index (χ0n) is 29.9. The highest BCUT2D eigenvalue weighted by molar-refractivity contribution is 7.23. The van der Waals surface area contributed by atoms with E-state index in [0.29, 0.717) is 25.8 Å². The van der Waals surface area contributed by atoms with Crippen LogP contribution in [0.2, 0.25) is 10.3 Å². The summed E-state index contributed by atoms with van der Waals surface area (Å²) in [6, 6.07) is 4.95. The van der Waals surface area contributed by atoms with Crippen molar-refractivity contribution >= 4 is 72.4 Å². The van der Waals surface area contributed by atoms with Crippen molar-refractivity contribution in [3.63, 3.8) is 0 Å². The molecule has 5 aromatic rings. The van der Waals surface area contributed by atoms with E-state index in [2.05, 4.69) is 20.0 Å². The Labute approximate surface area is 331 Å². The Morgan fingerprint density at radius 3 is 2.75 bits per heavy atom. The van der Waals surface area contributed by atoms with Gasteiger partial charge in [-0.2, -0.15) is 19.9 Å². The van der Waals surface area contributed by atoms with Gasteiger partial charge in [0.05, 0.1) is 20.8 Å². The maximum Gasteiger partial charge on any atom is 0.346 e. The van der Waals surface area contributed by atoms with Gasteiger partial charge in [-0.1, -0.05) is 17.7 Å². The number of likely N-dealkylation sites (tertiary alicyclic amines) is 1. The number of thiophene rings is 1. The van der Waals surface area contributed by atoms with Crippen molar-refractivity contribution in [3.8, 4) is 23.2 Å². The van der Waals surface area contributed by atoms with E-state index in [1.54, 1.807) is 16.8 Å². The first-order valence-corrected chi connectivity index (χ1v) is 19.8.